The van der Waals surface area contributed by atoms with E-state index in [2.05, 4.69) is 16.8 Å². The second-order valence-corrected chi connectivity index (χ2v) is 3.94. The number of nitrogens with zero attached hydrogens (tertiary/aromatic N) is 2. The fraction of sp³-hybridized carbons (Fsp3) is 0.583. The van der Waals surface area contributed by atoms with Gasteiger partial charge < -0.3 is 15.7 Å². The third kappa shape index (κ3) is 3.47. The van der Waals surface area contributed by atoms with Crippen molar-refractivity contribution < 1.29 is 5.11 Å². The first-order chi connectivity index (χ1) is 7.69. The molecule has 0 unspecified atom stereocenters. The molecule has 1 heterocycles. The number of aliphatic hydroxyl groups is 1. The molecule has 1 atom stereocenters. The van der Waals surface area contributed by atoms with Crippen LogP contribution in [0.5, 0.6) is 0 Å². The van der Waals surface area contributed by atoms with Crippen LogP contribution in [0.2, 0.25) is 0 Å². The van der Waals surface area contributed by atoms with E-state index in [1.165, 1.54) is 0 Å². The van der Waals surface area contributed by atoms with Crippen molar-refractivity contribution in [3.05, 3.63) is 24.0 Å². The number of aliphatic hydroxyl groups excluding tert-OH is 1. The largest absolute Gasteiger partial charge is 0.395 e. The fourth-order valence-corrected chi connectivity index (χ4v) is 1.61. The summed E-state index contributed by atoms with van der Waals surface area (Å²) in [6.07, 6.45) is 2.87. The SMILES string of the molecule is CCCN(CCO)c1ccc([C@@H](C)N)nc1. The average molecular weight is 223 g/mol. The van der Waals surface area contributed by atoms with E-state index in [9.17, 15) is 0 Å². The van der Waals surface area contributed by atoms with Crippen molar-refractivity contribution in [3.8, 4) is 0 Å². The number of aromatic nitrogens is 1. The van der Waals surface area contributed by atoms with Crippen molar-refractivity contribution in [3.63, 3.8) is 0 Å². The number of pyridine rings is 1. The van der Waals surface area contributed by atoms with Crippen molar-refractivity contribution in [2.75, 3.05) is 24.6 Å². The van der Waals surface area contributed by atoms with Gasteiger partial charge in [0.2, 0.25) is 0 Å². The maximum atomic E-state index is 8.99. The molecule has 4 heteroatoms. The highest BCUT2D eigenvalue weighted by molar-refractivity contribution is 5.44. The molecule has 0 aromatic carbocycles. The lowest BCUT2D eigenvalue weighted by Gasteiger charge is -2.23. The van der Waals surface area contributed by atoms with Gasteiger partial charge in [0.15, 0.2) is 0 Å². The Morgan fingerprint density at radius 3 is 2.62 bits per heavy atom. The van der Waals surface area contributed by atoms with Crippen LogP contribution in [0.1, 0.15) is 32.0 Å². The Bertz CT molecular complexity index is 292. The van der Waals surface area contributed by atoms with Crippen LogP contribution in [0.3, 0.4) is 0 Å². The molecular weight excluding hydrogens is 202 g/mol. The molecule has 0 aliphatic rings. The Hall–Kier alpha value is -1.13. The third-order valence-corrected chi connectivity index (χ3v) is 2.47. The lowest BCUT2D eigenvalue weighted by atomic mass is 10.2. The molecule has 0 aliphatic heterocycles. The summed E-state index contributed by atoms with van der Waals surface area (Å²) in [6, 6.07) is 3.92. The van der Waals surface area contributed by atoms with Crippen LogP contribution in [-0.4, -0.2) is 29.8 Å². The van der Waals surface area contributed by atoms with E-state index in [1.807, 2.05) is 25.3 Å². The van der Waals surface area contributed by atoms with Crippen LogP contribution in [0.15, 0.2) is 18.3 Å². The number of anilines is 1. The van der Waals surface area contributed by atoms with E-state index < -0.39 is 0 Å². The minimum Gasteiger partial charge on any atom is -0.395 e. The molecule has 1 aromatic heterocycles. The first-order valence-electron chi connectivity index (χ1n) is 5.76. The number of hydrogen-bond donors (Lipinski definition) is 2. The Morgan fingerprint density at radius 2 is 2.19 bits per heavy atom. The van der Waals surface area contributed by atoms with Crippen molar-refractivity contribution in [2.24, 2.45) is 5.73 Å². The Kier molecular flexibility index (Phi) is 5.22. The summed E-state index contributed by atoms with van der Waals surface area (Å²) >= 11 is 0. The van der Waals surface area contributed by atoms with Crippen molar-refractivity contribution in [1.82, 2.24) is 4.98 Å². The van der Waals surface area contributed by atoms with E-state index in [4.69, 9.17) is 10.8 Å². The molecule has 16 heavy (non-hydrogen) atoms. The quantitative estimate of drug-likeness (QED) is 0.763. The first-order valence-corrected chi connectivity index (χ1v) is 5.76. The molecule has 0 radical (unpaired) electrons. The number of rotatable bonds is 6. The van der Waals surface area contributed by atoms with Crippen LogP contribution in [-0.2, 0) is 0 Å². The summed E-state index contributed by atoms with van der Waals surface area (Å²) < 4.78 is 0. The molecular formula is C12H21N3O. The van der Waals surface area contributed by atoms with E-state index in [0.29, 0.717) is 6.54 Å². The van der Waals surface area contributed by atoms with Gasteiger partial charge in [-0.05, 0) is 25.5 Å². The highest BCUT2D eigenvalue weighted by atomic mass is 16.3. The summed E-state index contributed by atoms with van der Waals surface area (Å²) in [6.45, 7) is 5.77. The summed E-state index contributed by atoms with van der Waals surface area (Å²) in [5, 5.41) is 8.99. The molecule has 3 N–H and O–H groups in total. The Balaban J connectivity index is 2.76. The fourth-order valence-electron chi connectivity index (χ4n) is 1.61. The maximum absolute atomic E-state index is 8.99. The lowest BCUT2D eigenvalue weighted by Crippen LogP contribution is -2.27. The molecule has 0 amide bonds. The predicted octanol–water partition coefficient (Wildman–Crippen LogP) is 1.31. The molecule has 1 rings (SSSR count). The molecule has 0 fully saturated rings. The van der Waals surface area contributed by atoms with Gasteiger partial charge in [0, 0.05) is 19.1 Å². The highest BCUT2D eigenvalue weighted by Crippen LogP contribution is 2.15. The minimum absolute atomic E-state index is 0.0356. The molecule has 4 nitrogen and oxygen atoms in total. The van der Waals surface area contributed by atoms with Gasteiger partial charge in [0.1, 0.15) is 0 Å². The van der Waals surface area contributed by atoms with E-state index >= 15 is 0 Å². The van der Waals surface area contributed by atoms with Crippen LogP contribution < -0.4 is 10.6 Å². The maximum Gasteiger partial charge on any atom is 0.0606 e. The van der Waals surface area contributed by atoms with Crippen molar-refractivity contribution >= 4 is 5.69 Å². The zero-order chi connectivity index (χ0) is 12.0. The van der Waals surface area contributed by atoms with Gasteiger partial charge in [-0.25, -0.2) is 0 Å². The van der Waals surface area contributed by atoms with Crippen LogP contribution in [0.4, 0.5) is 5.69 Å². The zero-order valence-electron chi connectivity index (χ0n) is 10.1. The van der Waals surface area contributed by atoms with Crippen molar-refractivity contribution in [1.29, 1.82) is 0 Å². The molecule has 0 saturated heterocycles. The molecule has 0 aliphatic carbocycles. The minimum atomic E-state index is -0.0356. The number of hydrogen-bond acceptors (Lipinski definition) is 4. The average Bonchev–Trinajstić information content (AvgIpc) is 2.29. The smallest absolute Gasteiger partial charge is 0.0606 e. The van der Waals surface area contributed by atoms with Crippen LogP contribution >= 0.6 is 0 Å². The molecule has 0 spiro atoms. The molecule has 0 saturated carbocycles. The van der Waals surface area contributed by atoms with Crippen molar-refractivity contribution in [2.45, 2.75) is 26.3 Å². The predicted molar refractivity (Wildman–Crippen MR) is 66.4 cm³/mol. The Morgan fingerprint density at radius 1 is 1.44 bits per heavy atom. The van der Waals surface area contributed by atoms with E-state index in [-0.39, 0.29) is 12.6 Å². The topological polar surface area (TPSA) is 62.4 Å². The number of nitrogens with two attached hydrogens (primary N) is 1. The summed E-state index contributed by atoms with van der Waals surface area (Å²) in [7, 11) is 0. The Labute approximate surface area is 97.1 Å². The summed E-state index contributed by atoms with van der Waals surface area (Å²) in [4.78, 5) is 6.44. The van der Waals surface area contributed by atoms with Gasteiger partial charge in [0.25, 0.3) is 0 Å². The normalized spacial score (nSPS) is 12.5. The summed E-state index contributed by atoms with van der Waals surface area (Å²) in [5.41, 5.74) is 7.68. The van der Waals surface area contributed by atoms with Gasteiger partial charge >= 0.3 is 0 Å². The highest BCUT2D eigenvalue weighted by Gasteiger charge is 2.06. The standard InChI is InChI=1S/C12H21N3O/c1-3-6-15(7-8-16)11-4-5-12(10(2)13)14-9-11/h4-5,9-10,16H,3,6-8,13H2,1-2H3/t10-/m1/s1. The van der Waals surface area contributed by atoms with Gasteiger partial charge in [-0.2, -0.15) is 0 Å². The monoisotopic (exact) mass is 223 g/mol. The molecule has 0 bridgehead atoms. The lowest BCUT2D eigenvalue weighted by molar-refractivity contribution is 0.302. The van der Waals surface area contributed by atoms with Gasteiger partial charge in [-0.15, -0.1) is 0 Å². The van der Waals surface area contributed by atoms with Gasteiger partial charge in [0.05, 0.1) is 24.2 Å². The second-order valence-electron chi connectivity index (χ2n) is 3.94. The van der Waals surface area contributed by atoms with Crippen LogP contribution in [0.25, 0.3) is 0 Å². The molecule has 90 valence electrons. The van der Waals surface area contributed by atoms with E-state index in [0.717, 1.165) is 24.3 Å². The second kappa shape index (κ2) is 6.45. The molecule has 1 aromatic rings. The van der Waals surface area contributed by atoms with Gasteiger partial charge in [-0.3, -0.25) is 4.98 Å². The summed E-state index contributed by atoms with van der Waals surface area (Å²) in [5.74, 6) is 0. The van der Waals surface area contributed by atoms with Crippen LogP contribution in [0, 0.1) is 0 Å². The van der Waals surface area contributed by atoms with E-state index in [1.54, 1.807) is 0 Å². The first kappa shape index (κ1) is 12.9. The van der Waals surface area contributed by atoms with Gasteiger partial charge in [-0.1, -0.05) is 6.92 Å². The third-order valence-electron chi connectivity index (χ3n) is 2.47. The zero-order valence-corrected chi connectivity index (χ0v) is 10.1.